The number of nitriles is 1. The smallest absolute Gasteiger partial charge is 0.273 e. The number of nitrogens with zero attached hydrogens (tertiary/aromatic N) is 7. The van der Waals surface area contributed by atoms with Crippen LogP contribution < -0.4 is 10.2 Å². The van der Waals surface area contributed by atoms with Gasteiger partial charge in [0, 0.05) is 36.3 Å². The zero-order chi connectivity index (χ0) is 25.8. The Balaban J connectivity index is 1.08. The van der Waals surface area contributed by atoms with Crippen molar-refractivity contribution in [1.82, 2.24) is 30.3 Å². The Kier molecular flexibility index (Phi) is 5.51. The molecule has 1 unspecified atom stereocenters. The predicted molar refractivity (Wildman–Crippen MR) is 134 cm³/mol. The van der Waals surface area contributed by atoms with E-state index < -0.39 is 0 Å². The topological polar surface area (TPSA) is 130 Å². The molecule has 2 aliphatic carbocycles. The molecule has 3 aromatic heterocycles. The highest BCUT2D eigenvalue weighted by Gasteiger charge is 2.52. The summed E-state index contributed by atoms with van der Waals surface area (Å²) in [5.41, 5.74) is 4.51. The maximum Gasteiger partial charge on any atom is 0.273 e. The fourth-order valence-electron chi connectivity index (χ4n) is 5.53. The number of piperidine rings is 1. The highest BCUT2D eigenvalue weighted by molar-refractivity contribution is 5.99. The number of pyridine rings is 2. The number of amides is 2. The first-order valence-electron chi connectivity index (χ1n) is 12.7. The van der Waals surface area contributed by atoms with Gasteiger partial charge in [-0.2, -0.15) is 5.26 Å². The van der Waals surface area contributed by atoms with Gasteiger partial charge in [0.2, 0.25) is 5.91 Å². The Hall–Kier alpha value is -4.13. The molecule has 0 bridgehead atoms. The molecule has 0 radical (unpaired) electrons. The van der Waals surface area contributed by atoms with Crippen molar-refractivity contribution in [2.75, 3.05) is 11.4 Å². The third-order valence-electron chi connectivity index (χ3n) is 7.97. The fourth-order valence-corrected chi connectivity index (χ4v) is 5.53. The third kappa shape index (κ3) is 4.14. The second-order valence-electron chi connectivity index (χ2n) is 10.5. The van der Waals surface area contributed by atoms with E-state index in [9.17, 15) is 14.9 Å². The molecule has 2 amide bonds. The number of hydrogen-bond acceptors (Lipinski definition) is 7. The number of rotatable bonds is 6. The molecule has 3 aromatic rings. The maximum atomic E-state index is 12.8. The molecule has 3 fully saturated rings. The molecule has 1 N–H and O–H groups in total. The van der Waals surface area contributed by atoms with Crippen LogP contribution in [0, 0.1) is 37.0 Å². The van der Waals surface area contributed by atoms with Crippen molar-refractivity contribution in [2.45, 2.75) is 58.0 Å². The van der Waals surface area contributed by atoms with Crippen molar-refractivity contribution in [2.24, 2.45) is 11.8 Å². The van der Waals surface area contributed by atoms with Gasteiger partial charge >= 0.3 is 0 Å². The van der Waals surface area contributed by atoms with E-state index in [4.69, 9.17) is 0 Å². The molecule has 6 rings (SSSR count). The lowest BCUT2D eigenvalue weighted by atomic mass is 9.76. The Bertz CT molecular complexity index is 1450. The first-order valence-corrected chi connectivity index (χ1v) is 12.7. The summed E-state index contributed by atoms with van der Waals surface area (Å²) in [6.07, 6.45) is 5.92. The van der Waals surface area contributed by atoms with Crippen molar-refractivity contribution in [1.29, 1.82) is 5.26 Å². The van der Waals surface area contributed by atoms with Crippen LogP contribution in [0.1, 0.15) is 76.7 Å². The zero-order valence-electron chi connectivity index (χ0n) is 21.0. The van der Waals surface area contributed by atoms with Crippen LogP contribution in [0.15, 0.2) is 30.6 Å². The summed E-state index contributed by atoms with van der Waals surface area (Å²) in [6, 6.07) is 7.64. The van der Waals surface area contributed by atoms with E-state index in [-0.39, 0.29) is 41.4 Å². The van der Waals surface area contributed by atoms with Crippen LogP contribution >= 0.6 is 0 Å². The highest BCUT2D eigenvalue weighted by Crippen LogP contribution is 2.47. The molecule has 10 nitrogen and oxygen atoms in total. The normalized spacial score (nSPS) is 24.7. The molecular weight excluding hydrogens is 468 g/mol. The van der Waals surface area contributed by atoms with Gasteiger partial charge in [0.15, 0.2) is 5.69 Å². The molecule has 0 aromatic carbocycles. The van der Waals surface area contributed by atoms with Crippen molar-refractivity contribution in [3.05, 3.63) is 64.4 Å². The summed E-state index contributed by atoms with van der Waals surface area (Å²) in [4.78, 5) is 36.1. The minimum atomic E-state index is -0.268. The van der Waals surface area contributed by atoms with Crippen LogP contribution in [0.4, 0.5) is 5.82 Å². The second-order valence-corrected chi connectivity index (χ2v) is 10.5. The molecule has 2 saturated carbocycles. The average molecular weight is 497 g/mol. The quantitative estimate of drug-likeness (QED) is 0.555. The van der Waals surface area contributed by atoms with Crippen LogP contribution in [0.3, 0.4) is 0 Å². The van der Waals surface area contributed by atoms with Gasteiger partial charge in [-0.15, -0.1) is 5.10 Å². The highest BCUT2D eigenvalue weighted by atomic mass is 16.2. The molecule has 4 heterocycles. The lowest BCUT2D eigenvalue weighted by molar-refractivity contribution is -0.118. The van der Waals surface area contributed by atoms with Gasteiger partial charge in [-0.25, -0.2) is 9.67 Å². The van der Waals surface area contributed by atoms with Crippen molar-refractivity contribution < 1.29 is 9.59 Å². The van der Waals surface area contributed by atoms with Gasteiger partial charge < -0.3 is 5.32 Å². The van der Waals surface area contributed by atoms with E-state index in [0.717, 1.165) is 48.3 Å². The van der Waals surface area contributed by atoms with E-state index in [1.54, 1.807) is 22.0 Å². The second kappa shape index (κ2) is 8.76. The minimum absolute atomic E-state index is 0.00671. The number of anilines is 1. The first kappa shape index (κ1) is 23.3. The van der Waals surface area contributed by atoms with Crippen LogP contribution in [0.2, 0.25) is 0 Å². The number of hydrogen-bond donors (Lipinski definition) is 1. The molecule has 3 aliphatic rings. The SMILES string of the molecule is Cc1ccc(C#N)c([C@H]2C[C@@H](NC(=O)c3cn(C(C)c4cnc(N5C[C@H]6C[C@H]6C5=O)cc4C)nn3)C2)n1. The van der Waals surface area contributed by atoms with E-state index in [2.05, 4.69) is 31.7 Å². The van der Waals surface area contributed by atoms with Gasteiger partial charge in [0.25, 0.3) is 5.91 Å². The fraction of sp³-hybridized carbons (Fsp3) is 0.444. The lowest BCUT2D eigenvalue weighted by Gasteiger charge is -2.35. The van der Waals surface area contributed by atoms with Crippen LogP contribution in [-0.4, -0.2) is 49.4 Å². The molecule has 1 aliphatic heterocycles. The molecule has 10 heteroatoms. The number of aryl methyl sites for hydroxylation is 2. The Morgan fingerprint density at radius 3 is 2.76 bits per heavy atom. The van der Waals surface area contributed by atoms with E-state index in [1.807, 2.05) is 39.0 Å². The van der Waals surface area contributed by atoms with Gasteiger partial charge in [-0.1, -0.05) is 5.21 Å². The molecule has 188 valence electrons. The van der Waals surface area contributed by atoms with E-state index in [1.165, 1.54) is 0 Å². The van der Waals surface area contributed by atoms with Crippen LogP contribution in [-0.2, 0) is 4.79 Å². The number of fused-ring (bicyclic) bond motifs is 1. The third-order valence-corrected chi connectivity index (χ3v) is 7.97. The van der Waals surface area contributed by atoms with Crippen molar-refractivity contribution in [3.8, 4) is 6.07 Å². The summed E-state index contributed by atoms with van der Waals surface area (Å²) in [5.74, 6) is 1.47. The molecular formula is C27H28N8O2. The summed E-state index contributed by atoms with van der Waals surface area (Å²) in [6.45, 7) is 6.65. The average Bonchev–Trinajstić information content (AvgIpc) is 3.31. The van der Waals surface area contributed by atoms with Crippen molar-refractivity contribution in [3.63, 3.8) is 0 Å². The van der Waals surface area contributed by atoms with Gasteiger partial charge in [-0.05, 0) is 75.3 Å². The molecule has 1 saturated heterocycles. The number of carbonyl (C=O) groups is 2. The van der Waals surface area contributed by atoms with Gasteiger partial charge in [-0.3, -0.25) is 19.5 Å². The predicted octanol–water partition coefficient (Wildman–Crippen LogP) is 2.82. The summed E-state index contributed by atoms with van der Waals surface area (Å²) < 4.78 is 1.66. The standard InChI is InChI=1S/C27H28N8O2/c1-14-6-24(34-12-19-9-21(19)27(34)37)29-11-22(14)16(3)35-13-23(32-33-35)26(36)31-20-7-18(8-20)25-17(10-28)5-4-15(2)30-25/h4-6,11,13,16,18-21H,7-9,12H2,1-3H3,(H,31,36)/t16?,18-,19-,20+,21-/m1/s1. The molecule has 0 spiro atoms. The summed E-state index contributed by atoms with van der Waals surface area (Å²) in [7, 11) is 0. The first-order chi connectivity index (χ1) is 17.8. The largest absolute Gasteiger partial charge is 0.348 e. The van der Waals surface area contributed by atoms with E-state index >= 15 is 0 Å². The van der Waals surface area contributed by atoms with Gasteiger partial charge in [0.05, 0.1) is 23.5 Å². The lowest BCUT2D eigenvalue weighted by Crippen LogP contribution is -2.43. The monoisotopic (exact) mass is 496 g/mol. The summed E-state index contributed by atoms with van der Waals surface area (Å²) in [5, 5.41) is 20.7. The van der Waals surface area contributed by atoms with E-state index in [0.29, 0.717) is 17.3 Å². The molecule has 37 heavy (non-hydrogen) atoms. The number of aromatic nitrogens is 5. The number of carbonyl (C=O) groups excluding carboxylic acids is 2. The van der Waals surface area contributed by atoms with Crippen LogP contribution in [0.25, 0.3) is 0 Å². The Morgan fingerprint density at radius 2 is 2.05 bits per heavy atom. The Morgan fingerprint density at radius 1 is 1.24 bits per heavy atom. The van der Waals surface area contributed by atoms with Crippen LogP contribution in [0.5, 0.6) is 0 Å². The Labute approximate surface area is 214 Å². The number of nitrogens with one attached hydrogen (secondary N) is 1. The van der Waals surface area contributed by atoms with Crippen molar-refractivity contribution >= 4 is 17.6 Å². The minimum Gasteiger partial charge on any atom is -0.348 e. The maximum absolute atomic E-state index is 12.8. The summed E-state index contributed by atoms with van der Waals surface area (Å²) >= 11 is 0. The zero-order valence-corrected chi connectivity index (χ0v) is 21.0. The van der Waals surface area contributed by atoms with Gasteiger partial charge in [0.1, 0.15) is 11.9 Å². The molecule has 3 atom stereocenters.